The van der Waals surface area contributed by atoms with Crippen molar-refractivity contribution in [1.82, 2.24) is 0 Å². The number of anilines is 2. The van der Waals surface area contributed by atoms with Crippen LogP contribution in [-0.2, 0) is 0 Å². The topological polar surface area (TPSA) is 38.0 Å². The van der Waals surface area contributed by atoms with E-state index in [2.05, 4.69) is 21.2 Å². The van der Waals surface area contributed by atoms with Gasteiger partial charge >= 0.3 is 0 Å². The van der Waals surface area contributed by atoms with Crippen molar-refractivity contribution in [3.63, 3.8) is 0 Å². The highest BCUT2D eigenvalue weighted by molar-refractivity contribution is 9.10. The first-order valence-electron chi connectivity index (χ1n) is 5.60. The lowest BCUT2D eigenvalue weighted by atomic mass is 10.1. The van der Waals surface area contributed by atoms with Gasteiger partial charge in [0.25, 0.3) is 0 Å². The van der Waals surface area contributed by atoms with Crippen LogP contribution in [0.15, 0.2) is 40.9 Å². The molecule has 0 aliphatic rings. The molecule has 0 saturated heterocycles. The standard InChI is InChI=1S/C14H12BrFN2S/c1-8-3-2-4-10(14(17)19)13(8)18-12-6-5-9(15)7-11(12)16/h2-7,18H,1H3,(H2,17,19). The molecule has 98 valence electrons. The van der Waals surface area contributed by atoms with E-state index in [4.69, 9.17) is 18.0 Å². The molecule has 0 radical (unpaired) electrons. The van der Waals surface area contributed by atoms with Crippen molar-refractivity contribution >= 4 is 44.5 Å². The third-order valence-corrected chi connectivity index (χ3v) is 3.44. The molecule has 0 aromatic heterocycles. The molecule has 2 aromatic rings. The molecule has 0 unspecified atom stereocenters. The smallest absolute Gasteiger partial charge is 0.147 e. The maximum absolute atomic E-state index is 13.8. The summed E-state index contributed by atoms with van der Waals surface area (Å²) in [6.07, 6.45) is 0. The van der Waals surface area contributed by atoms with Gasteiger partial charge in [0, 0.05) is 10.0 Å². The first kappa shape index (κ1) is 14.0. The molecule has 5 heteroatoms. The van der Waals surface area contributed by atoms with Gasteiger partial charge in [-0.05, 0) is 36.8 Å². The number of nitrogens with one attached hydrogen (secondary N) is 1. The Hall–Kier alpha value is -1.46. The molecule has 0 heterocycles. The number of nitrogens with two attached hydrogens (primary N) is 1. The van der Waals surface area contributed by atoms with Crippen LogP contribution in [0.1, 0.15) is 11.1 Å². The first-order valence-corrected chi connectivity index (χ1v) is 6.80. The van der Waals surface area contributed by atoms with E-state index in [0.29, 0.717) is 15.7 Å². The van der Waals surface area contributed by atoms with Crippen LogP contribution in [-0.4, -0.2) is 4.99 Å². The lowest BCUT2D eigenvalue weighted by Gasteiger charge is -2.14. The van der Waals surface area contributed by atoms with Crippen LogP contribution in [0, 0.1) is 12.7 Å². The number of halogens is 2. The SMILES string of the molecule is Cc1cccc(C(N)=S)c1Nc1ccc(Br)cc1F. The summed E-state index contributed by atoms with van der Waals surface area (Å²) in [6, 6.07) is 10.4. The van der Waals surface area contributed by atoms with E-state index in [1.165, 1.54) is 6.07 Å². The predicted octanol–water partition coefficient (Wildman–Crippen LogP) is 4.27. The lowest BCUT2D eigenvalue weighted by Crippen LogP contribution is -2.13. The monoisotopic (exact) mass is 338 g/mol. The summed E-state index contributed by atoms with van der Waals surface area (Å²) in [4.78, 5) is 0.281. The van der Waals surface area contributed by atoms with Crippen molar-refractivity contribution < 1.29 is 4.39 Å². The second-order valence-electron chi connectivity index (χ2n) is 4.11. The largest absolute Gasteiger partial charge is 0.389 e. The minimum absolute atomic E-state index is 0.281. The van der Waals surface area contributed by atoms with E-state index in [1.807, 2.05) is 25.1 Å². The number of thiocarbonyl (C=S) groups is 1. The van der Waals surface area contributed by atoms with Gasteiger partial charge in [0.05, 0.1) is 11.4 Å². The molecule has 0 fully saturated rings. The second kappa shape index (κ2) is 5.67. The quantitative estimate of drug-likeness (QED) is 0.820. The summed E-state index contributed by atoms with van der Waals surface area (Å²) >= 11 is 8.24. The van der Waals surface area contributed by atoms with E-state index in [-0.39, 0.29) is 10.8 Å². The zero-order chi connectivity index (χ0) is 14.0. The van der Waals surface area contributed by atoms with Gasteiger partial charge in [-0.1, -0.05) is 40.3 Å². The highest BCUT2D eigenvalue weighted by atomic mass is 79.9. The maximum Gasteiger partial charge on any atom is 0.147 e. The van der Waals surface area contributed by atoms with E-state index < -0.39 is 0 Å². The number of aryl methyl sites for hydroxylation is 1. The zero-order valence-electron chi connectivity index (χ0n) is 10.2. The fourth-order valence-corrected chi connectivity index (χ4v) is 2.27. The van der Waals surface area contributed by atoms with Gasteiger partial charge in [0.1, 0.15) is 10.8 Å². The van der Waals surface area contributed by atoms with Gasteiger partial charge in [-0.2, -0.15) is 0 Å². The normalized spacial score (nSPS) is 10.3. The zero-order valence-corrected chi connectivity index (χ0v) is 12.6. The van der Waals surface area contributed by atoms with Crippen molar-refractivity contribution in [2.45, 2.75) is 6.92 Å². The average Bonchev–Trinajstić information content (AvgIpc) is 2.34. The fraction of sp³-hybridized carbons (Fsp3) is 0.0714. The minimum Gasteiger partial charge on any atom is -0.389 e. The highest BCUT2D eigenvalue weighted by Crippen LogP contribution is 2.27. The summed E-state index contributed by atoms with van der Waals surface area (Å²) in [5.41, 5.74) is 8.46. The Morgan fingerprint density at radius 2 is 2.05 bits per heavy atom. The van der Waals surface area contributed by atoms with Crippen LogP contribution in [0.25, 0.3) is 0 Å². The van der Waals surface area contributed by atoms with Crippen molar-refractivity contribution in [2.24, 2.45) is 5.73 Å². The lowest BCUT2D eigenvalue weighted by molar-refractivity contribution is 0.631. The fourth-order valence-electron chi connectivity index (χ4n) is 1.76. The molecule has 0 aliphatic carbocycles. The van der Waals surface area contributed by atoms with E-state index >= 15 is 0 Å². The molecule has 0 atom stereocenters. The average molecular weight is 339 g/mol. The molecule has 0 spiro atoms. The summed E-state index contributed by atoms with van der Waals surface area (Å²) in [5, 5.41) is 3.05. The Bertz CT molecular complexity index is 643. The Balaban J connectivity index is 2.46. The molecule has 0 saturated carbocycles. The van der Waals surface area contributed by atoms with Gasteiger partial charge in [0.15, 0.2) is 0 Å². The molecule has 19 heavy (non-hydrogen) atoms. The van der Waals surface area contributed by atoms with E-state index in [1.54, 1.807) is 12.1 Å². The number of rotatable bonds is 3. The summed E-state index contributed by atoms with van der Waals surface area (Å²) in [7, 11) is 0. The number of benzene rings is 2. The number of hydrogen-bond acceptors (Lipinski definition) is 2. The van der Waals surface area contributed by atoms with Gasteiger partial charge in [-0.3, -0.25) is 0 Å². The van der Waals surface area contributed by atoms with Crippen molar-refractivity contribution in [1.29, 1.82) is 0 Å². The van der Waals surface area contributed by atoms with E-state index in [0.717, 1.165) is 11.3 Å². The third kappa shape index (κ3) is 3.11. The van der Waals surface area contributed by atoms with Gasteiger partial charge in [-0.15, -0.1) is 0 Å². The van der Waals surface area contributed by atoms with Crippen molar-refractivity contribution in [3.05, 3.63) is 57.8 Å². The minimum atomic E-state index is -0.341. The molecule has 0 bridgehead atoms. The third-order valence-electron chi connectivity index (χ3n) is 2.73. The number of para-hydroxylation sites is 1. The highest BCUT2D eigenvalue weighted by Gasteiger charge is 2.10. The van der Waals surface area contributed by atoms with Crippen LogP contribution in [0.4, 0.5) is 15.8 Å². The molecule has 0 aliphatic heterocycles. The van der Waals surface area contributed by atoms with Crippen LogP contribution < -0.4 is 11.1 Å². The molecule has 3 N–H and O–H groups in total. The van der Waals surface area contributed by atoms with Crippen molar-refractivity contribution in [2.75, 3.05) is 5.32 Å². The van der Waals surface area contributed by atoms with Gasteiger partial charge in [0.2, 0.25) is 0 Å². The predicted molar refractivity (Wildman–Crippen MR) is 84.4 cm³/mol. The van der Waals surface area contributed by atoms with Gasteiger partial charge < -0.3 is 11.1 Å². The Labute approximate surface area is 124 Å². The second-order valence-corrected chi connectivity index (χ2v) is 5.47. The summed E-state index contributed by atoms with van der Waals surface area (Å²) in [5.74, 6) is -0.341. The van der Waals surface area contributed by atoms with E-state index in [9.17, 15) is 4.39 Å². The van der Waals surface area contributed by atoms with Crippen LogP contribution >= 0.6 is 28.1 Å². The Morgan fingerprint density at radius 1 is 1.32 bits per heavy atom. The first-order chi connectivity index (χ1) is 8.99. The van der Waals surface area contributed by atoms with Gasteiger partial charge in [-0.25, -0.2) is 4.39 Å². The Morgan fingerprint density at radius 3 is 2.68 bits per heavy atom. The molecule has 2 rings (SSSR count). The van der Waals surface area contributed by atoms with Crippen LogP contribution in [0.5, 0.6) is 0 Å². The molecule has 2 aromatic carbocycles. The van der Waals surface area contributed by atoms with Crippen LogP contribution in [0.2, 0.25) is 0 Å². The number of hydrogen-bond donors (Lipinski definition) is 2. The Kier molecular flexibility index (Phi) is 4.17. The van der Waals surface area contributed by atoms with Crippen LogP contribution in [0.3, 0.4) is 0 Å². The maximum atomic E-state index is 13.8. The molecule has 0 amide bonds. The molecule has 2 nitrogen and oxygen atoms in total. The molecular weight excluding hydrogens is 327 g/mol. The molecular formula is C14H12BrFN2S. The summed E-state index contributed by atoms with van der Waals surface area (Å²) in [6.45, 7) is 1.92. The van der Waals surface area contributed by atoms with Crippen molar-refractivity contribution in [3.8, 4) is 0 Å². The summed E-state index contributed by atoms with van der Waals surface area (Å²) < 4.78 is 14.5.